The van der Waals surface area contributed by atoms with Crippen LogP contribution in [0.25, 0.3) is 0 Å². The highest BCUT2D eigenvalue weighted by molar-refractivity contribution is 5.99. The van der Waals surface area contributed by atoms with E-state index in [0.29, 0.717) is 5.69 Å². The van der Waals surface area contributed by atoms with Crippen LogP contribution >= 0.6 is 0 Å². The first kappa shape index (κ1) is 18.1. The Bertz CT molecular complexity index is 596. The van der Waals surface area contributed by atoms with Gasteiger partial charge in [0.25, 0.3) is 5.91 Å². The highest BCUT2D eigenvalue weighted by Crippen LogP contribution is 2.10. The van der Waals surface area contributed by atoms with Crippen LogP contribution in [0.4, 0.5) is 5.69 Å². The predicted molar refractivity (Wildman–Crippen MR) is 82.2 cm³/mol. The van der Waals surface area contributed by atoms with E-state index in [-0.39, 0.29) is 17.4 Å². The molecule has 3 amide bonds. The number of anilines is 1. The normalized spacial score (nSPS) is 9.91. The number of hydrogen-bond donors (Lipinski definition) is 3. The molecule has 1 aromatic carbocycles. The fourth-order valence-corrected chi connectivity index (χ4v) is 1.44. The highest BCUT2D eigenvalue weighted by Gasteiger charge is 2.12. The summed E-state index contributed by atoms with van der Waals surface area (Å²) in [4.78, 5) is 45.6. The Morgan fingerprint density at radius 2 is 1.65 bits per heavy atom. The monoisotopic (exact) mass is 321 g/mol. The van der Waals surface area contributed by atoms with Crippen molar-refractivity contribution in [1.82, 2.24) is 10.9 Å². The van der Waals surface area contributed by atoms with E-state index in [1.54, 1.807) is 26.0 Å². The number of rotatable bonds is 5. The fourth-order valence-electron chi connectivity index (χ4n) is 1.44. The minimum atomic E-state index is -0.706. The Labute approximate surface area is 133 Å². The molecule has 0 aromatic heterocycles. The number of carbonyl (C=O) groups excluding carboxylic acids is 4. The summed E-state index contributed by atoms with van der Waals surface area (Å²) in [5.74, 6) is -2.22. The number of hydrogen-bond acceptors (Lipinski definition) is 5. The molecule has 23 heavy (non-hydrogen) atoms. The summed E-state index contributed by atoms with van der Waals surface area (Å²) in [6.45, 7) is 3.54. The van der Waals surface area contributed by atoms with Crippen molar-refractivity contribution in [3.05, 3.63) is 29.8 Å². The molecule has 124 valence electrons. The zero-order chi connectivity index (χ0) is 17.4. The number of methoxy groups -OCH3 is 1. The van der Waals surface area contributed by atoms with E-state index in [0.717, 1.165) is 7.11 Å². The van der Waals surface area contributed by atoms with Crippen LogP contribution in [0.3, 0.4) is 0 Å². The molecule has 0 atom stereocenters. The summed E-state index contributed by atoms with van der Waals surface area (Å²) in [5, 5.41) is 2.69. The second-order valence-corrected chi connectivity index (χ2v) is 4.98. The van der Waals surface area contributed by atoms with Gasteiger partial charge in [-0.05, 0) is 24.3 Å². The molecular formula is C15H19N3O5. The molecule has 0 aliphatic carbocycles. The SMILES string of the molecule is COC(=O)CC(=O)NNC(=O)c1ccc(NC(=O)C(C)C)cc1. The van der Waals surface area contributed by atoms with Crippen molar-refractivity contribution in [2.45, 2.75) is 20.3 Å². The summed E-state index contributed by atoms with van der Waals surface area (Å²) in [6, 6.07) is 6.15. The van der Waals surface area contributed by atoms with E-state index in [4.69, 9.17) is 0 Å². The van der Waals surface area contributed by atoms with Crippen LogP contribution in [0.15, 0.2) is 24.3 Å². The average molecular weight is 321 g/mol. The number of esters is 1. The maximum Gasteiger partial charge on any atom is 0.315 e. The Morgan fingerprint density at radius 3 is 2.17 bits per heavy atom. The first-order chi connectivity index (χ1) is 10.8. The van der Waals surface area contributed by atoms with E-state index in [9.17, 15) is 19.2 Å². The molecule has 0 unspecified atom stereocenters. The van der Waals surface area contributed by atoms with Crippen molar-refractivity contribution in [2.24, 2.45) is 5.92 Å². The van der Waals surface area contributed by atoms with E-state index in [1.807, 2.05) is 0 Å². The molecule has 0 aliphatic rings. The van der Waals surface area contributed by atoms with Gasteiger partial charge in [-0.15, -0.1) is 0 Å². The first-order valence-electron chi connectivity index (χ1n) is 6.90. The van der Waals surface area contributed by atoms with Gasteiger partial charge in [0.05, 0.1) is 7.11 Å². The van der Waals surface area contributed by atoms with Crippen LogP contribution in [-0.4, -0.2) is 30.8 Å². The minimum Gasteiger partial charge on any atom is -0.469 e. The fraction of sp³-hybridized carbons (Fsp3) is 0.333. The molecular weight excluding hydrogens is 302 g/mol. The molecule has 1 aromatic rings. The lowest BCUT2D eigenvalue weighted by Crippen LogP contribution is -2.42. The van der Waals surface area contributed by atoms with Gasteiger partial charge < -0.3 is 10.1 Å². The van der Waals surface area contributed by atoms with Gasteiger partial charge >= 0.3 is 5.97 Å². The lowest BCUT2D eigenvalue weighted by Gasteiger charge is -2.09. The van der Waals surface area contributed by atoms with Crippen molar-refractivity contribution >= 4 is 29.4 Å². The number of amides is 3. The third-order valence-electron chi connectivity index (χ3n) is 2.79. The molecule has 0 aliphatic heterocycles. The number of hydrazine groups is 1. The molecule has 1 rings (SSSR count). The van der Waals surface area contributed by atoms with E-state index < -0.39 is 24.2 Å². The Morgan fingerprint density at radius 1 is 1.04 bits per heavy atom. The summed E-state index contributed by atoms with van der Waals surface area (Å²) >= 11 is 0. The molecule has 3 N–H and O–H groups in total. The number of ether oxygens (including phenoxy) is 1. The Hall–Kier alpha value is -2.90. The smallest absolute Gasteiger partial charge is 0.315 e. The van der Waals surface area contributed by atoms with Gasteiger partial charge in [-0.2, -0.15) is 0 Å². The molecule has 8 heteroatoms. The van der Waals surface area contributed by atoms with Crippen LogP contribution in [0, 0.1) is 5.92 Å². The molecule has 0 bridgehead atoms. The second kappa shape index (κ2) is 8.52. The van der Waals surface area contributed by atoms with Crippen molar-refractivity contribution < 1.29 is 23.9 Å². The van der Waals surface area contributed by atoms with E-state index in [2.05, 4.69) is 20.9 Å². The Kier molecular flexibility index (Phi) is 6.72. The van der Waals surface area contributed by atoms with Gasteiger partial charge in [0, 0.05) is 17.2 Å². The van der Waals surface area contributed by atoms with Crippen LogP contribution in [0.5, 0.6) is 0 Å². The van der Waals surface area contributed by atoms with Gasteiger partial charge in [0.15, 0.2) is 0 Å². The Balaban J connectivity index is 2.53. The number of carbonyl (C=O) groups is 4. The molecule has 8 nitrogen and oxygen atoms in total. The number of nitrogens with one attached hydrogen (secondary N) is 3. The quantitative estimate of drug-likeness (QED) is 0.417. The maximum atomic E-state index is 11.8. The van der Waals surface area contributed by atoms with Crippen LogP contribution in [-0.2, 0) is 19.1 Å². The van der Waals surface area contributed by atoms with Gasteiger partial charge in [0.2, 0.25) is 11.8 Å². The van der Waals surface area contributed by atoms with Crippen molar-refractivity contribution in [3.63, 3.8) is 0 Å². The van der Waals surface area contributed by atoms with Crippen LogP contribution < -0.4 is 16.2 Å². The number of benzene rings is 1. The van der Waals surface area contributed by atoms with Gasteiger partial charge in [0.1, 0.15) is 6.42 Å². The molecule has 0 saturated carbocycles. The molecule has 0 heterocycles. The zero-order valence-electron chi connectivity index (χ0n) is 13.1. The van der Waals surface area contributed by atoms with Crippen LogP contribution in [0.2, 0.25) is 0 Å². The summed E-state index contributed by atoms with van der Waals surface area (Å²) < 4.78 is 4.33. The third kappa shape index (κ3) is 6.16. The topological polar surface area (TPSA) is 114 Å². The predicted octanol–water partition coefficient (Wildman–Crippen LogP) is 0.605. The lowest BCUT2D eigenvalue weighted by atomic mass is 10.1. The standard InChI is InChI=1S/C15H19N3O5/c1-9(2)14(21)16-11-6-4-10(5-7-11)15(22)18-17-12(19)8-13(20)23-3/h4-7,9H,8H2,1-3H3,(H,16,21)(H,17,19)(H,18,22). The first-order valence-corrected chi connectivity index (χ1v) is 6.90. The van der Waals surface area contributed by atoms with Gasteiger partial charge in [-0.1, -0.05) is 13.8 Å². The van der Waals surface area contributed by atoms with Crippen molar-refractivity contribution in [2.75, 3.05) is 12.4 Å². The minimum absolute atomic E-state index is 0.128. The van der Waals surface area contributed by atoms with Gasteiger partial charge in [-0.25, -0.2) is 0 Å². The zero-order valence-corrected chi connectivity index (χ0v) is 13.1. The summed E-state index contributed by atoms with van der Waals surface area (Å²) in [5.41, 5.74) is 5.12. The molecule has 0 saturated heterocycles. The largest absolute Gasteiger partial charge is 0.469 e. The van der Waals surface area contributed by atoms with Crippen molar-refractivity contribution in [3.8, 4) is 0 Å². The van der Waals surface area contributed by atoms with Crippen molar-refractivity contribution in [1.29, 1.82) is 0 Å². The third-order valence-corrected chi connectivity index (χ3v) is 2.79. The van der Waals surface area contributed by atoms with Crippen LogP contribution in [0.1, 0.15) is 30.6 Å². The second-order valence-electron chi connectivity index (χ2n) is 4.98. The summed E-state index contributed by atoms with van der Waals surface area (Å²) in [7, 11) is 1.16. The van der Waals surface area contributed by atoms with Gasteiger partial charge in [-0.3, -0.25) is 30.0 Å². The highest BCUT2D eigenvalue weighted by atomic mass is 16.5. The van der Waals surface area contributed by atoms with E-state index in [1.165, 1.54) is 12.1 Å². The van der Waals surface area contributed by atoms with E-state index >= 15 is 0 Å². The maximum absolute atomic E-state index is 11.8. The molecule has 0 spiro atoms. The average Bonchev–Trinajstić information content (AvgIpc) is 2.53. The molecule has 0 radical (unpaired) electrons. The summed E-state index contributed by atoms with van der Waals surface area (Å²) in [6.07, 6.45) is -0.489. The molecule has 0 fully saturated rings. The lowest BCUT2D eigenvalue weighted by molar-refractivity contribution is -0.144.